The number of hydrogen-bond donors (Lipinski definition) is 2. The summed E-state index contributed by atoms with van der Waals surface area (Å²) in [4.78, 5) is 9.36. The van der Waals surface area contributed by atoms with Gasteiger partial charge in [0.05, 0.1) is 23.3 Å². The van der Waals surface area contributed by atoms with Crippen LogP contribution in [0.3, 0.4) is 0 Å². The molecule has 0 amide bonds. The lowest BCUT2D eigenvalue weighted by molar-refractivity contribution is 0.475. The molecule has 1 heterocycles. The van der Waals surface area contributed by atoms with Gasteiger partial charge in [0.15, 0.2) is 0 Å². The van der Waals surface area contributed by atoms with Crippen molar-refractivity contribution in [2.45, 2.75) is 19.8 Å². The molecule has 0 saturated carbocycles. The smallest absolute Gasteiger partial charge is 0.115 e. The third-order valence-corrected chi connectivity index (χ3v) is 3.65. The van der Waals surface area contributed by atoms with Crippen LogP contribution in [-0.2, 0) is 0 Å². The van der Waals surface area contributed by atoms with Crippen LogP contribution in [0.2, 0.25) is 0 Å². The Labute approximate surface area is 135 Å². The van der Waals surface area contributed by atoms with E-state index in [9.17, 15) is 10.2 Å². The van der Waals surface area contributed by atoms with Gasteiger partial charge in [-0.3, -0.25) is 4.98 Å². The topological polar surface area (TPSA) is 66.2 Å². The Bertz CT molecular complexity index is 810. The second kappa shape index (κ2) is 6.08. The maximum Gasteiger partial charge on any atom is 0.115 e. The van der Waals surface area contributed by atoms with Crippen molar-refractivity contribution in [1.82, 2.24) is 9.97 Å². The van der Waals surface area contributed by atoms with E-state index in [1.807, 2.05) is 24.3 Å². The summed E-state index contributed by atoms with van der Waals surface area (Å²) in [5.41, 5.74) is 4.34. The summed E-state index contributed by atoms with van der Waals surface area (Å²) in [6, 6.07) is 13.9. The third kappa shape index (κ3) is 3.16. The maximum atomic E-state index is 9.44. The van der Waals surface area contributed by atoms with Gasteiger partial charge in [0, 0.05) is 11.1 Å². The summed E-state index contributed by atoms with van der Waals surface area (Å²) < 4.78 is 0. The maximum absolute atomic E-state index is 9.44. The van der Waals surface area contributed by atoms with Gasteiger partial charge in [-0.05, 0) is 54.4 Å². The normalized spacial score (nSPS) is 10.9. The molecule has 3 aromatic rings. The molecule has 3 rings (SSSR count). The first-order valence-electron chi connectivity index (χ1n) is 7.50. The van der Waals surface area contributed by atoms with E-state index in [0.717, 1.165) is 28.2 Å². The predicted molar refractivity (Wildman–Crippen MR) is 90.3 cm³/mol. The van der Waals surface area contributed by atoms with E-state index >= 15 is 0 Å². The fourth-order valence-electron chi connectivity index (χ4n) is 2.42. The van der Waals surface area contributed by atoms with Crippen molar-refractivity contribution in [2.75, 3.05) is 0 Å². The van der Waals surface area contributed by atoms with Crippen LogP contribution in [0.5, 0.6) is 11.5 Å². The molecule has 0 aliphatic rings. The largest absolute Gasteiger partial charge is 0.508 e. The summed E-state index contributed by atoms with van der Waals surface area (Å²) in [5.74, 6) is 0.670. The monoisotopic (exact) mass is 306 g/mol. The van der Waals surface area contributed by atoms with Crippen LogP contribution in [-0.4, -0.2) is 20.2 Å². The molecule has 0 spiro atoms. The van der Waals surface area contributed by atoms with Crippen molar-refractivity contribution < 1.29 is 10.2 Å². The van der Waals surface area contributed by atoms with Gasteiger partial charge in [0.2, 0.25) is 0 Å². The highest BCUT2D eigenvalue weighted by atomic mass is 16.3. The fraction of sp³-hybridized carbons (Fsp3) is 0.158. The average Bonchev–Trinajstić information content (AvgIpc) is 2.56. The molecule has 0 aliphatic carbocycles. The van der Waals surface area contributed by atoms with Crippen LogP contribution >= 0.6 is 0 Å². The van der Waals surface area contributed by atoms with Crippen LogP contribution in [0.25, 0.3) is 22.5 Å². The quantitative estimate of drug-likeness (QED) is 0.755. The minimum atomic E-state index is 0.211. The minimum Gasteiger partial charge on any atom is -0.508 e. The lowest BCUT2D eigenvalue weighted by Gasteiger charge is -2.13. The van der Waals surface area contributed by atoms with Crippen LogP contribution in [0.15, 0.2) is 54.7 Å². The molecule has 4 heteroatoms. The Hall–Kier alpha value is -2.88. The zero-order valence-electron chi connectivity index (χ0n) is 13.1. The average molecular weight is 306 g/mol. The molecule has 2 N–H and O–H groups in total. The Kier molecular flexibility index (Phi) is 3.98. The standard InChI is InChI=1S/C19H18N2O2/c1-12(2)18-19(14-5-9-16(23)10-6-14)20-11-17(21-18)13-3-7-15(22)8-4-13/h3-12,22-23H,1-2H3. The van der Waals surface area contributed by atoms with Crippen LogP contribution in [0, 0.1) is 0 Å². The number of rotatable bonds is 3. The summed E-state index contributed by atoms with van der Waals surface area (Å²) in [5, 5.41) is 18.8. The van der Waals surface area contributed by atoms with Crippen molar-refractivity contribution in [3.8, 4) is 34.0 Å². The zero-order valence-corrected chi connectivity index (χ0v) is 13.1. The number of nitrogens with zero attached hydrogens (tertiary/aromatic N) is 2. The van der Waals surface area contributed by atoms with Crippen molar-refractivity contribution in [2.24, 2.45) is 0 Å². The van der Waals surface area contributed by atoms with Gasteiger partial charge in [-0.15, -0.1) is 0 Å². The number of aromatic hydroxyl groups is 2. The van der Waals surface area contributed by atoms with Gasteiger partial charge < -0.3 is 10.2 Å². The molecule has 4 nitrogen and oxygen atoms in total. The number of aromatic nitrogens is 2. The van der Waals surface area contributed by atoms with Crippen LogP contribution in [0.4, 0.5) is 0 Å². The lowest BCUT2D eigenvalue weighted by Crippen LogP contribution is -2.01. The fourth-order valence-corrected chi connectivity index (χ4v) is 2.42. The highest BCUT2D eigenvalue weighted by molar-refractivity contribution is 5.66. The molecule has 0 aliphatic heterocycles. The highest BCUT2D eigenvalue weighted by Gasteiger charge is 2.14. The molecular weight excluding hydrogens is 288 g/mol. The number of phenolic OH excluding ortho intramolecular Hbond substituents is 2. The van der Waals surface area contributed by atoms with Crippen molar-refractivity contribution in [3.05, 3.63) is 60.4 Å². The molecule has 0 saturated heterocycles. The molecule has 0 fully saturated rings. The molecule has 2 aromatic carbocycles. The molecule has 0 radical (unpaired) electrons. The lowest BCUT2D eigenvalue weighted by atomic mass is 10.0. The van der Waals surface area contributed by atoms with E-state index in [-0.39, 0.29) is 17.4 Å². The van der Waals surface area contributed by atoms with E-state index in [2.05, 4.69) is 18.8 Å². The van der Waals surface area contributed by atoms with Gasteiger partial charge in [0.1, 0.15) is 11.5 Å². The second-order valence-corrected chi connectivity index (χ2v) is 5.74. The molecular formula is C19H18N2O2. The molecule has 0 atom stereocenters. The zero-order chi connectivity index (χ0) is 16.4. The van der Waals surface area contributed by atoms with Crippen LogP contribution in [0.1, 0.15) is 25.5 Å². The van der Waals surface area contributed by atoms with Crippen molar-refractivity contribution in [3.63, 3.8) is 0 Å². The van der Waals surface area contributed by atoms with E-state index < -0.39 is 0 Å². The molecule has 0 unspecified atom stereocenters. The van der Waals surface area contributed by atoms with Gasteiger partial charge in [-0.1, -0.05) is 13.8 Å². The summed E-state index contributed by atoms with van der Waals surface area (Å²) >= 11 is 0. The summed E-state index contributed by atoms with van der Waals surface area (Å²) in [6.45, 7) is 4.16. The van der Waals surface area contributed by atoms with E-state index in [1.165, 1.54) is 0 Å². The first-order chi connectivity index (χ1) is 11.0. The molecule has 0 bridgehead atoms. The van der Waals surface area contributed by atoms with Crippen molar-refractivity contribution >= 4 is 0 Å². The second-order valence-electron chi connectivity index (χ2n) is 5.74. The van der Waals surface area contributed by atoms with Crippen LogP contribution < -0.4 is 0 Å². The van der Waals surface area contributed by atoms with E-state index in [0.29, 0.717) is 0 Å². The van der Waals surface area contributed by atoms with Crippen molar-refractivity contribution in [1.29, 1.82) is 0 Å². The highest BCUT2D eigenvalue weighted by Crippen LogP contribution is 2.29. The van der Waals surface area contributed by atoms with E-state index in [1.54, 1.807) is 30.5 Å². The Morgan fingerprint density at radius 3 is 1.83 bits per heavy atom. The first kappa shape index (κ1) is 15.0. The summed E-state index contributed by atoms with van der Waals surface area (Å²) in [6.07, 6.45) is 1.74. The molecule has 1 aromatic heterocycles. The van der Waals surface area contributed by atoms with Gasteiger partial charge in [0.25, 0.3) is 0 Å². The number of phenols is 2. The number of hydrogen-bond acceptors (Lipinski definition) is 4. The minimum absolute atomic E-state index is 0.211. The summed E-state index contributed by atoms with van der Waals surface area (Å²) in [7, 11) is 0. The molecule has 116 valence electrons. The predicted octanol–water partition coefficient (Wildman–Crippen LogP) is 4.35. The third-order valence-electron chi connectivity index (χ3n) is 3.65. The van der Waals surface area contributed by atoms with Gasteiger partial charge >= 0.3 is 0 Å². The Morgan fingerprint density at radius 2 is 1.30 bits per heavy atom. The SMILES string of the molecule is CC(C)c1nc(-c2ccc(O)cc2)cnc1-c1ccc(O)cc1. The Morgan fingerprint density at radius 1 is 0.783 bits per heavy atom. The first-order valence-corrected chi connectivity index (χ1v) is 7.50. The number of benzene rings is 2. The Balaban J connectivity index is 2.08. The van der Waals surface area contributed by atoms with Gasteiger partial charge in [-0.2, -0.15) is 0 Å². The van der Waals surface area contributed by atoms with E-state index in [4.69, 9.17) is 4.98 Å². The van der Waals surface area contributed by atoms with Gasteiger partial charge in [-0.25, -0.2) is 4.98 Å². The molecule has 23 heavy (non-hydrogen) atoms.